The van der Waals surface area contributed by atoms with Gasteiger partial charge in [0.2, 0.25) is 0 Å². The first kappa shape index (κ1) is 23.2. The van der Waals surface area contributed by atoms with Crippen LogP contribution in [0.1, 0.15) is 79.4 Å². The lowest BCUT2D eigenvalue weighted by molar-refractivity contribution is 0.112. The largest absolute Gasteiger partial charge is 0.378 e. The van der Waals surface area contributed by atoms with Crippen LogP contribution in [0.15, 0.2) is 48.0 Å². The first-order valence-corrected chi connectivity index (χ1v) is 12.1. The SMILES string of the molecule is C=Cc1cc(F)cc(C(C)Nc2ccccc2C=O)c1/N=C(/C1CCCCC1)N(C)C1CC1. The molecule has 2 saturated carbocycles. The quantitative estimate of drug-likeness (QED) is 0.265. The van der Waals surface area contributed by atoms with E-state index in [4.69, 9.17) is 4.99 Å². The van der Waals surface area contributed by atoms with Crippen LogP contribution in [0.3, 0.4) is 0 Å². The van der Waals surface area contributed by atoms with Crippen LogP contribution in [-0.2, 0) is 0 Å². The molecular weight excluding hydrogens is 413 g/mol. The van der Waals surface area contributed by atoms with Crippen molar-refractivity contribution in [1.82, 2.24) is 4.90 Å². The zero-order valence-corrected chi connectivity index (χ0v) is 19.7. The predicted octanol–water partition coefficient (Wildman–Crippen LogP) is 7.16. The van der Waals surface area contributed by atoms with Gasteiger partial charge in [-0.3, -0.25) is 4.79 Å². The molecule has 2 aromatic carbocycles. The minimum absolute atomic E-state index is 0.252. The van der Waals surface area contributed by atoms with E-state index in [1.54, 1.807) is 18.2 Å². The topological polar surface area (TPSA) is 44.7 Å². The Balaban J connectivity index is 1.77. The third-order valence-electron chi connectivity index (χ3n) is 6.93. The highest BCUT2D eigenvalue weighted by atomic mass is 19.1. The zero-order valence-electron chi connectivity index (χ0n) is 19.7. The van der Waals surface area contributed by atoms with Crippen molar-refractivity contribution in [2.45, 2.75) is 64.0 Å². The van der Waals surface area contributed by atoms with Gasteiger partial charge in [-0.15, -0.1) is 0 Å². The molecule has 5 heteroatoms. The van der Waals surface area contributed by atoms with Gasteiger partial charge in [-0.2, -0.15) is 0 Å². The number of aliphatic imine (C=N–C) groups is 1. The number of halogens is 1. The Morgan fingerprint density at radius 1 is 1.15 bits per heavy atom. The van der Waals surface area contributed by atoms with E-state index in [-0.39, 0.29) is 11.9 Å². The molecule has 1 atom stereocenters. The lowest BCUT2D eigenvalue weighted by atomic mass is 9.87. The second-order valence-corrected chi connectivity index (χ2v) is 9.36. The number of para-hydroxylation sites is 1. The number of hydrogen-bond acceptors (Lipinski definition) is 3. The summed E-state index contributed by atoms with van der Waals surface area (Å²) >= 11 is 0. The summed E-state index contributed by atoms with van der Waals surface area (Å²) in [6.45, 7) is 5.92. The summed E-state index contributed by atoms with van der Waals surface area (Å²) in [6.07, 6.45) is 11.0. The summed E-state index contributed by atoms with van der Waals surface area (Å²) in [5, 5.41) is 3.40. The van der Waals surface area contributed by atoms with E-state index >= 15 is 0 Å². The standard InChI is InChI=1S/C28H34FN3O/c1-4-20-16-23(29)17-25(19(2)30-26-13-9-8-12-22(26)18-33)27(20)31-28(32(3)24-14-15-24)21-10-6-5-7-11-21/h4,8-9,12-13,16-19,21,24,30H,1,5-7,10-11,14-15H2,2-3H3/b31-28-. The highest BCUT2D eigenvalue weighted by Crippen LogP contribution is 2.38. The van der Waals surface area contributed by atoms with Gasteiger partial charge >= 0.3 is 0 Å². The zero-order chi connectivity index (χ0) is 23.4. The molecule has 4 rings (SSSR count). The highest BCUT2D eigenvalue weighted by molar-refractivity contribution is 5.89. The van der Waals surface area contributed by atoms with E-state index in [2.05, 4.69) is 23.8 Å². The molecule has 174 valence electrons. The van der Waals surface area contributed by atoms with Gasteiger partial charge in [0.25, 0.3) is 0 Å². The van der Waals surface area contributed by atoms with E-state index in [1.807, 2.05) is 25.1 Å². The molecule has 0 spiro atoms. The molecule has 0 bridgehead atoms. The Labute approximate surface area is 196 Å². The molecule has 2 aliphatic rings. The predicted molar refractivity (Wildman–Crippen MR) is 135 cm³/mol. The second-order valence-electron chi connectivity index (χ2n) is 9.36. The van der Waals surface area contributed by atoms with Crippen LogP contribution in [0, 0.1) is 11.7 Å². The molecule has 0 heterocycles. The fourth-order valence-electron chi connectivity index (χ4n) is 4.88. The van der Waals surface area contributed by atoms with Gasteiger partial charge in [0.05, 0.1) is 11.7 Å². The van der Waals surface area contributed by atoms with E-state index < -0.39 is 0 Å². The first-order valence-electron chi connectivity index (χ1n) is 12.1. The van der Waals surface area contributed by atoms with Crippen molar-refractivity contribution in [3.8, 4) is 0 Å². The van der Waals surface area contributed by atoms with E-state index in [1.165, 1.54) is 38.2 Å². The molecule has 0 aliphatic heterocycles. The maximum absolute atomic E-state index is 14.6. The van der Waals surface area contributed by atoms with Crippen molar-refractivity contribution in [3.63, 3.8) is 0 Å². The normalized spacial score (nSPS) is 18.0. The number of amidine groups is 1. The van der Waals surface area contributed by atoms with Gasteiger partial charge in [0, 0.05) is 41.4 Å². The second kappa shape index (κ2) is 10.3. The van der Waals surface area contributed by atoms with E-state index in [0.717, 1.165) is 41.9 Å². The molecule has 0 saturated heterocycles. The van der Waals surface area contributed by atoms with Crippen LogP contribution in [0.4, 0.5) is 15.8 Å². The molecule has 33 heavy (non-hydrogen) atoms. The number of carbonyl (C=O) groups is 1. The monoisotopic (exact) mass is 447 g/mol. The molecule has 2 fully saturated rings. The van der Waals surface area contributed by atoms with Crippen LogP contribution in [0.2, 0.25) is 0 Å². The Bertz CT molecular complexity index is 1040. The van der Waals surface area contributed by atoms with Crippen LogP contribution >= 0.6 is 0 Å². The van der Waals surface area contributed by atoms with Crippen molar-refractivity contribution < 1.29 is 9.18 Å². The van der Waals surface area contributed by atoms with Crippen LogP contribution in [0.25, 0.3) is 6.08 Å². The third-order valence-corrected chi connectivity index (χ3v) is 6.93. The molecule has 0 amide bonds. The van der Waals surface area contributed by atoms with Crippen LogP contribution in [-0.4, -0.2) is 30.1 Å². The summed E-state index contributed by atoms with van der Waals surface area (Å²) in [4.78, 5) is 19.1. The Morgan fingerprint density at radius 3 is 2.55 bits per heavy atom. The average molecular weight is 448 g/mol. The van der Waals surface area contributed by atoms with Crippen molar-refractivity contribution in [1.29, 1.82) is 0 Å². The number of aldehydes is 1. The number of rotatable bonds is 8. The van der Waals surface area contributed by atoms with Crippen molar-refractivity contribution in [3.05, 3.63) is 65.5 Å². The molecular formula is C28H34FN3O. The molecule has 2 aromatic rings. The highest BCUT2D eigenvalue weighted by Gasteiger charge is 2.33. The lowest BCUT2D eigenvalue weighted by Gasteiger charge is -2.31. The smallest absolute Gasteiger partial charge is 0.152 e. The van der Waals surface area contributed by atoms with Crippen molar-refractivity contribution in [2.75, 3.05) is 12.4 Å². The van der Waals surface area contributed by atoms with Gasteiger partial charge in [0.1, 0.15) is 11.7 Å². The van der Waals surface area contributed by atoms with Crippen molar-refractivity contribution >= 4 is 29.6 Å². The van der Waals surface area contributed by atoms with E-state index in [0.29, 0.717) is 23.1 Å². The number of anilines is 1. The van der Waals surface area contributed by atoms with E-state index in [9.17, 15) is 9.18 Å². The lowest BCUT2D eigenvalue weighted by Crippen LogP contribution is -2.35. The maximum Gasteiger partial charge on any atom is 0.152 e. The molecule has 1 N–H and O–H groups in total. The number of benzene rings is 2. The first-order chi connectivity index (χ1) is 16.0. The summed E-state index contributed by atoms with van der Waals surface area (Å²) in [7, 11) is 2.16. The Morgan fingerprint density at radius 2 is 1.88 bits per heavy atom. The van der Waals surface area contributed by atoms with Crippen LogP contribution in [0.5, 0.6) is 0 Å². The molecule has 0 radical (unpaired) electrons. The number of hydrogen-bond donors (Lipinski definition) is 1. The Hall–Kier alpha value is -2.95. The number of nitrogens with zero attached hydrogens (tertiary/aromatic N) is 2. The van der Waals surface area contributed by atoms with Gasteiger partial charge in [-0.25, -0.2) is 9.38 Å². The molecule has 2 aliphatic carbocycles. The number of carbonyl (C=O) groups excluding carboxylic acids is 1. The van der Waals surface area contributed by atoms with Gasteiger partial charge in [-0.05, 0) is 56.9 Å². The Kier molecular flexibility index (Phi) is 7.26. The fourth-order valence-corrected chi connectivity index (χ4v) is 4.88. The van der Waals surface area contributed by atoms with Crippen molar-refractivity contribution in [2.24, 2.45) is 10.9 Å². The fraction of sp³-hybridized carbons (Fsp3) is 0.429. The van der Waals surface area contributed by atoms with Gasteiger partial charge in [-0.1, -0.05) is 44.1 Å². The van der Waals surface area contributed by atoms with Gasteiger partial charge in [0.15, 0.2) is 6.29 Å². The summed E-state index contributed by atoms with van der Waals surface area (Å²) in [5.74, 6) is 1.23. The number of nitrogens with one attached hydrogen (secondary N) is 1. The summed E-state index contributed by atoms with van der Waals surface area (Å²) in [6, 6.07) is 10.7. The van der Waals surface area contributed by atoms with Crippen LogP contribution < -0.4 is 5.32 Å². The molecule has 1 unspecified atom stereocenters. The minimum atomic E-state index is -0.314. The summed E-state index contributed by atoms with van der Waals surface area (Å²) < 4.78 is 14.6. The van der Waals surface area contributed by atoms with Gasteiger partial charge < -0.3 is 10.2 Å². The summed E-state index contributed by atoms with van der Waals surface area (Å²) in [5.41, 5.74) is 3.53. The molecule has 0 aromatic heterocycles. The third kappa shape index (κ3) is 5.35. The average Bonchev–Trinajstić information content (AvgIpc) is 3.69. The minimum Gasteiger partial charge on any atom is -0.378 e. The maximum atomic E-state index is 14.6. The molecule has 4 nitrogen and oxygen atoms in total.